The van der Waals surface area contributed by atoms with Crippen molar-refractivity contribution in [1.29, 1.82) is 0 Å². The quantitative estimate of drug-likeness (QED) is 0.650. The molecule has 0 heterocycles. The fourth-order valence-corrected chi connectivity index (χ4v) is 3.82. The van der Waals surface area contributed by atoms with Crippen LogP contribution >= 0.6 is 23.2 Å². The highest BCUT2D eigenvalue weighted by Crippen LogP contribution is 2.31. The van der Waals surface area contributed by atoms with Crippen LogP contribution in [0.3, 0.4) is 0 Å². The van der Waals surface area contributed by atoms with Crippen LogP contribution in [0, 0.1) is 0 Å². The van der Waals surface area contributed by atoms with Crippen LogP contribution in [-0.2, 0) is 14.8 Å². The van der Waals surface area contributed by atoms with Crippen LogP contribution < -0.4 is 15.8 Å². The van der Waals surface area contributed by atoms with Crippen LogP contribution in [-0.4, -0.2) is 27.4 Å². The molecule has 0 fully saturated rings. The number of nitrogen functional groups attached to an aromatic ring is 1. The van der Waals surface area contributed by atoms with E-state index in [9.17, 15) is 13.2 Å². The van der Waals surface area contributed by atoms with E-state index in [1.807, 2.05) is 6.92 Å². The van der Waals surface area contributed by atoms with Crippen LogP contribution in [0.4, 0.5) is 5.69 Å². The lowest BCUT2D eigenvalue weighted by Gasteiger charge is -2.11. The van der Waals surface area contributed by atoms with E-state index in [-0.39, 0.29) is 39.5 Å². The number of amides is 1. The molecule has 0 aliphatic rings. The number of hydrogen-bond acceptors (Lipinski definition) is 4. The normalized spacial score (nSPS) is 11.4. The Bertz CT molecular complexity index is 597. The predicted molar refractivity (Wildman–Crippen MR) is 84.0 cm³/mol. The first-order valence-corrected chi connectivity index (χ1v) is 8.52. The smallest absolute Gasteiger partial charge is 0.243 e. The van der Waals surface area contributed by atoms with Crippen molar-refractivity contribution in [3.63, 3.8) is 0 Å². The van der Waals surface area contributed by atoms with Crippen molar-refractivity contribution in [2.75, 3.05) is 18.8 Å². The first-order chi connectivity index (χ1) is 9.77. The third kappa shape index (κ3) is 5.35. The minimum absolute atomic E-state index is 0.0312. The van der Waals surface area contributed by atoms with Gasteiger partial charge >= 0.3 is 0 Å². The molecule has 9 heteroatoms. The maximum absolute atomic E-state index is 12.1. The van der Waals surface area contributed by atoms with Gasteiger partial charge in [0.25, 0.3) is 0 Å². The van der Waals surface area contributed by atoms with Gasteiger partial charge in [0.2, 0.25) is 15.9 Å². The molecule has 4 N–H and O–H groups in total. The molecule has 6 nitrogen and oxygen atoms in total. The zero-order chi connectivity index (χ0) is 16.0. The average Bonchev–Trinajstić information content (AvgIpc) is 2.34. The molecule has 0 radical (unpaired) electrons. The second-order valence-electron chi connectivity index (χ2n) is 4.31. The van der Waals surface area contributed by atoms with Crippen molar-refractivity contribution in [2.24, 2.45) is 0 Å². The van der Waals surface area contributed by atoms with Crippen LogP contribution in [0.2, 0.25) is 10.0 Å². The van der Waals surface area contributed by atoms with Crippen molar-refractivity contribution >= 4 is 44.8 Å². The molecule has 118 valence electrons. The molecule has 0 aliphatic heterocycles. The lowest BCUT2D eigenvalue weighted by Crippen LogP contribution is -2.31. The number of halogens is 2. The lowest BCUT2D eigenvalue weighted by atomic mass is 10.3. The van der Waals surface area contributed by atoms with Crippen molar-refractivity contribution in [1.82, 2.24) is 10.0 Å². The van der Waals surface area contributed by atoms with Gasteiger partial charge in [-0.15, -0.1) is 0 Å². The number of nitrogens with two attached hydrogens (primary N) is 1. The van der Waals surface area contributed by atoms with Gasteiger partial charge in [-0.2, -0.15) is 0 Å². The first-order valence-electron chi connectivity index (χ1n) is 6.28. The van der Waals surface area contributed by atoms with Gasteiger partial charge in [0.1, 0.15) is 4.90 Å². The summed E-state index contributed by atoms with van der Waals surface area (Å²) in [6.45, 7) is 2.43. The predicted octanol–water partition coefficient (Wildman–Crippen LogP) is 1.77. The molecule has 1 aromatic carbocycles. The number of carbonyl (C=O) groups is 1. The topological polar surface area (TPSA) is 101 Å². The monoisotopic (exact) mass is 353 g/mol. The Balaban J connectivity index is 2.73. The molecule has 0 spiro atoms. The maximum Gasteiger partial charge on any atom is 0.243 e. The number of carbonyl (C=O) groups excluding carboxylic acids is 1. The summed E-state index contributed by atoms with van der Waals surface area (Å²) in [5.74, 6) is -0.228. The Morgan fingerprint density at radius 3 is 2.33 bits per heavy atom. The fraction of sp³-hybridized carbons (Fsp3) is 0.417. The van der Waals surface area contributed by atoms with Gasteiger partial charge in [-0.1, -0.05) is 30.1 Å². The molecule has 0 saturated carbocycles. The summed E-state index contributed by atoms with van der Waals surface area (Å²) in [6.07, 6.45) is 0.845. The minimum Gasteiger partial charge on any atom is -0.399 e. The van der Waals surface area contributed by atoms with E-state index in [0.29, 0.717) is 6.54 Å². The van der Waals surface area contributed by atoms with Crippen LogP contribution in [0.5, 0.6) is 0 Å². The average molecular weight is 354 g/mol. The Morgan fingerprint density at radius 1 is 1.24 bits per heavy atom. The minimum atomic E-state index is -3.90. The summed E-state index contributed by atoms with van der Waals surface area (Å²) in [4.78, 5) is 11.1. The Hall–Kier alpha value is -1.02. The molecule has 1 aromatic rings. The SMILES string of the molecule is CCCNC(=O)CCNS(=O)(=O)c1c(Cl)cc(N)cc1Cl. The molecule has 0 bridgehead atoms. The maximum atomic E-state index is 12.1. The van der Waals surface area contributed by atoms with E-state index in [1.165, 1.54) is 12.1 Å². The first kappa shape index (κ1) is 18.0. The zero-order valence-corrected chi connectivity index (χ0v) is 13.8. The van der Waals surface area contributed by atoms with E-state index in [4.69, 9.17) is 28.9 Å². The standard InChI is InChI=1S/C12H17Cl2N3O3S/c1-2-4-16-11(18)3-5-17-21(19,20)12-9(13)6-8(15)7-10(12)14/h6-7,17H,2-5,15H2,1H3,(H,16,18). The third-order valence-electron chi connectivity index (χ3n) is 2.51. The van der Waals surface area contributed by atoms with Gasteiger partial charge in [-0.05, 0) is 18.6 Å². The highest BCUT2D eigenvalue weighted by molar-refractivity contribution is 7.89. The highest BCUT2D eigenvalue weighted by atomic mass is 35.5. The second kappa shape index (κ2) is 7.84. The summed E-state index contributed by atoms with van der Waals surface area (Å²) in [6, 6.07) is 2.60. The van der Waals surface area contributed by atoms with Gasteiger partial charge in [0.15, 0.2) is 0 Å². The Morgan fingerprint density at radius 2 is 1.81 bits per heavy atom. The molecule has 0 saturated heterocycles. The zero-order valence-electron chi connectivity index (χ0n) is 11.4. The van der Waals surface area contributed by atoms with E-state index in [0.717, 1.165) is 6.42 Å². The molecular weight excluding hydrogens is 337 g/mol. The summed E-state index contributed by atoms with van der Waals surface area (Å²) in [5, 5.41) is 2.51. The molecular formula is C12H17Cl2N3O3S. The van der Waals surface area contributed by atoms with Gasteiger partial charge in [0, 0.05) is 25.2 Å². The van der Waals surface area contributed by atoms with E-state index in [2.05, 4.69) is 10.0 Å². The van der Waals surface area contributed by atoms with Crippen molar-refractivity contribution in [3.8, 4) is 0 Å². The molecule has 1 amide bonds. The van der Waals surface area contributed by atoms with Gasteiger partial charge in [0.05, 0.1) is 10.0 Å². The van der Waals surface area contributed by atoms with Crippen molar-refractivity contribution in [2.45, 2.75) is 24.7 Å². The fourth-order valence-electron chi connectivity index (χ4n) is 1.56. The van der Waals surface area contributed by atoms with Gasteiger partial charge in [-0.3, -0.25) is 4.79 Å². The summed E-state index contributed by atoms with van der Waals surface area (Å²) < 4.78 is 26.5. The highest BCUT2D eigenvalue weighted by Gasteiger charge is 2.22. The molecule has 21 heavy (non-hydrogen) atoms. The van der Waals surface area contributed by atoms with Crippen LogP contribution in [0.25, 0.3) is 0 Å². The van der Waals surface area contributed by atoms with Crippen molar-refractivity contribution in [3.05, 3.63) is 22.2 Å². The number of nitrogens with one attached hydrogen (secondary N) is 2. The molecule has 0 aliphatic carbocycles. The molecule has 0 atom stereocenters. The number of anilines is 1. The number of benzene rings is 1. The van der Waals surface area contributed by atoms with Gasteiger partial charge in [-0.25, -0.2) is 13.1 Å². The third-order valence-corrected chi connectivity index (χ3v) is 4.89. The molecule has 0 unspecified atom stereocenters. The number of hydrogen-bond donors (Lipinski definition) is 3. The van der Waals surface area contributed by atoms with Crippen LogP contribution in [0.1, 0.15) is 19.8 Å². The van der Waals surface area contributed by atoms with Crippen LogP contribution in [0.15, 0.2) is 17.0 Å². The lowest BCUT2D eigenvalue weighted by molar-refractivity contribution is -0.120. The largest absolute Gasteiger partial charge is 0.399 e. The summed E-state index contributed by atoms with van der Waals surface area (Å²) in [7, 11) is -3.90. The molecule has 0 aromatic heterocycles. The molecule has 1 rings (SSSR count). The number of rotatable bonds is 7. The number of sulfonamides is 1. The van der Waals surface area contributed by atoms with Gasteiger partial charge < -0.3 is 11.1 Å². The second-order valence-corrected chi connectivity index (χ2v) is 6.83. The Kier molecular flexibility index (Phi) is 6.73. The van der Waals surface area contributed by atoms with E-state index in [1.54, 1.807) is 0 Å². The summed E-state index contributed by atoms with van der Waals surface area (Å²) >= 11 is 11.7. The van der Waals surface area contributed by atoms with E-state index >= 15 is 0 Å². The Labute approximate surface area is 134 Å². The van der Waals surface area contributed by atoms with E-state index < -0.39 is 10.0 Å². The van der Waals surface area contributed by atoms with Crippen molar-refractivity contribution < 1.29 is 13.2 Å². The summed E-state index contributed by atoms with van der Waals surface area (Å²) in [5.41, 5.74) is 5.79.